The Morgan fingerprint density at radius 2 is 1.13 bits per heavy atom. The molecule has 0 spiro atoms. The van der Waals surface area contributed by atoms with Crippen molar-refractivity contribution in [3.8, 4) is 62.1 Å². The molecule has 6 heteroatoms. The maximum atomic E-state index is 11.3. The molecular formula is C72H57N4OSi+. The third-order valence-electron chi connectivity index (χ3n) is 14.2. The average molecular weight is 1050 g/mol. The molecule has 0 N–H and O–H groups in total. The fourth-order valence-electron chi connectivity index (χ4n) is 10.8. The molecule has 0 unspecified atom stereocenters. The number of ether oxygens (including phenoxy) is 1. The van der Waals surface area contributed by atoms with E-state index in [0.717, 1.165) is 17.0 Å². The van der Waals surface area contributed by atoms with Gasteiger partial charge in [-0.05, 0) is 122 Å². The van der Waals surface area contributed by atoms with Crippen LogP contribution < -0.4 is 30.1 Å². The first-order valence-electron chi connectivity index (χ1n) is 38.7. The minimum Gasteiger partial charge on any atom is -0.457 e. The Bertz CT molecular complexity index is 5820. The monoisotopic (exact) mass is 1050 g/mol. The maximum absolute atomic E-state index is 11.3. The largest absolute Gasteiger partial charge is 0.457 e. The van der Waals surface area contributed by atoms with Crippen molar-refractivity contribution in [2.75, 3.05) is 0 Å². The van der Waals surface area contributed by atoms with Crippen LogP contribution in [-0.2, 0) is 5.41 Å². The van der Waals surface area contributed by atoms with Gasteiger partial charge in [-0.25, -0.2) is 4.98 Å². The second kappa shape index (κ2) is 18.4. The lowest BCUT2D eigenvalue weighted by Crippen LogP contribution is -2.74. The second-order valence-electron chi connectivity index (χ2n) is 19.7. The minimum atomic E-state index is -6.40. The minimum absolute atomic E-state index is 0.0460. The Hall–Kier alpha value is -9.36. The van der Waals surface area contributed by atoms with Gasteiger partial charge in [-0.2, -0.15) is 9.13 Å². The summed E-state index contributed by atoms with van der Waals surface area (Å²) in [4.78, 5) is 4.51. The zero-order valence-electron chi connectivity index (χ0n) is 69.7. The van der Waals surface area contributed by atoms with Crippen LogP contribution in [0.15, 0.2) is 255 Å². The molecule has 0 fully saturated rings. The van der Waals surface area contributed by atoms with Crippen LogP contribution in [0.25, 0.3) is 83.4 Å². The van der Waals surface area contributed by atoms with Crippen molar-refractivity contribution in [3.63, 3.8) is 0 Å². The lowest BCUT2D eigenvalue weighted by molar-refractivity contribution is -0.567. The molecule has 0 atom stereocenters. The number of imidazole rings is 1. The molecule has 1 aliphatic rings. The summed E-state index contributed by atoms with van der Waals surface area (Å²) >= 11 is 0. The van der Waals surface area contributed by atoms with Crippen molar-refractivity contribution in [2.24, 2.45) is 0 Å². The fourth-order valence-corrected chi connectivity index (χ4v) is 14.4. The van der Waals surface area contributed by atoms with E-state index < -0.39 is 209 Å². The van der Waals surface area contributed by atoms with Crippen LogP contribution in [0.2, 0.25) is 0 Å². The van der Waals surface area contributed by atoms with Gasteiger partial charge < -0.3 is 4.74 Å². The number of hydrogen-bond acceptors (Lipinski definition) is 2. The first-order valence-corrected chi connectivity index (χ1v) is 26.7. The smallest absolute Gasteiger partial charge is 0.255 e. The molecule has 5 nitrogen and oxygen atoms in total. The Labute approximate surface area is 495 Å². The summed E-state index contributed by atoms with van der Waals surface area (Å²) in [6, 6.07) is 7.56. The molecule has 14 rings (SSSR count). The van der Waals surface area contributed by atoms with Crippen molar-refractivity contribution in [3.05, 3.63) is 271 Å². The van der Waals surface area contributed by atoms with Crippen LogP contribution in [-0.4, -0.2) is 22.2 Å². The zero-order valence-corrected chi connectivity index (χ0v) is 42.7. The number of aryl methyl sites for hydroxylation is 2. The third-order valence-corrected chi connectivity index (χ3v) is 18.2. The number of aromatic nitrogens is 4. The quantitative estimate of drug-likeness (QED) is 0.0864. The maximum Gasteiger partial charge on any atom is 0.255 e. The topological polar surface area (TPSA) is 35.9 Å². The molecule has 0 aliphatic carbocycles. The number of nitrogens with zero attached hydrogens (tertiary/aromatic N) is 4. The number of benzene rings is 10. The second-order valence-corrected chi connectivity index (χ2v) is 23.2. The highest BCUT2D eigenvalue weighted by Gasteiger charge is 2.42. The molecule has 78 heavy (non-hydrogen) atoms. The van der Waals surface area contributed by atoms with Gasteiger partial charge in [-0.3, -0.25) is 4.57 Å². The molecule has 10 aromatic carbocycles. The van der Waals surface area contributed by atoms with Crippen LogP contribution in [0.4, 0.5) is 0 Å². The van der Waals surface area contributed by atoms with Crippen LogP contribution in [0, 0.1) is 13.7 Å². The van der Waals surface area contributed by atoms with E-state index in [2.05, 4.69) is 4.98 Å². The first kappa shape index (κ1) is 26.1. The number of pyridine rings is 1. The summed E-state index contributed by atoms with van der Waals surface area (Å²) in [5, 5.41) is -2.55. The number of hydrogen-bond donors (Lipinski definition) is 0. The van der Waals surface area contributed by atoms with Gasteiger partial charge in [-0.15, -0.1) is 0 Å². The van der Waals surface area contributed by atoms with Crippen molar-refractivity contribution in [2.45, 2.75) is 39.9 Å². The molecule has 0 amide bonds. The Kier molecular flexibility index (Phi) is 6.17. The number of para-hydroxylation sites is 3. The summed E-state index contributed by atoms with van der Waals surface area (Å²) in [6.45, 7) is -0.0125. The van der Waals surface area contributed by atoms with Gasteiger partial charge in [0.15, 0.2) is 19.1 Å². The van der Waals surface area contributed by atoms with E-state index in [0.29, 0.717) is 33.6 Å². The van der Waals surface area contributed by atoms with Crippen molar-refractivity contribution >= 4 is 61.7 Å². The summed E-state index contributed by atoms with van der Waals surface area (Å²) < 4.78 is 274. The third kappa shape index (κ3) is 7.50. The first-order chi connectivity index (χ1) is 49.7. The zero-order chi connectivity index (χ0) is 76.8. The van der Waals surface area contributed by atoms with E-state index >= 15 is 0 Å². The summed E-state index contributed by atoms with van der Waals surface area (Å²) in [7, 11) is -6.40. The van der Waals surface area contributed by atoms with Gasteiger partial charge in [0.2, 0.25) is 0 Å². The van der Waals surface area contributed by atoms with E-state index in [9.17, 15) is 26.0 Å². The molecular weight excluding hydrogens is 965 g/mol. The predicted octanol–water partition coefficient (Wildman–Crippen LogP) is 14.8. The highest BCUT2D eigenvalue weighted by Crippen LogP contribution is 2.45. The molecule has 0 saturated heterocycles. The standard InChI is InChI=1S/C72H57N4OSi/c1-48-42-69(73-46-49(48)2)76-66-36-18-17-32-60(66)61-40-38-52(44-68(61)76)77-51-23-19-22-50(43-51)74-47-75-70-63(33-20-35-65(70)72(3,4)5)64-45-56(39-41-59(64)57-30-15-16-31-58(57)62-34-21-37-67(74)71(62)75)78(53-24-9-6-10-25-53,54-26-11-7-12-27-54)55-28-13-8-14-29-55/h6-47H,1-5H3/q+1/i1D3,2D3,6D,7D,8D,9D,10D,11D,12D,13D,14D,15D,16D,24D,25D,26D,27D,28D,29D,30D,31D,39D,41D,45D. The summed E-state index contributed by atoms with van der Waals surface area (Å²) in [6.07, 6.45) is 2.73. The lowest BCUT2D eigenvalue weighted by Gasteiger charge is -2.35. The molecule has 3 aromatic heterocycles. The molecule has 13 aromatic rings. The molecule has 374 valence electrons. The van der Waals surface area contributed by atoms with Crippen LogP contribution >= 0.6 is 0 Å². The van der Waals surface area contributed by atoms with E-state index in [1.807, 2.05) is 45.0 Å². The molecule has 1 aliphatic heterocycles. The van der Waals surface area contributed by atoms with Crippen LogP contribution in [0.1, 0.15) is 75.8 Å². The molecule has 0 radical (unpaired) electrons. The fraction of sp³-hybridized carbons (Fsp3) is 0.0833. The highest BCUT2D eigenvalue weighted by atomic mass is 28.3. The van der Waals surface area contributed by atoms with E-state index in [1.54, 1.807) is 92.8 Å². The van der Waals surface area contributed by atoms with Crippen LogP contribution in [0.3, 0.4) is 0 Å². The predicted molar refractivity (Wildman–Crippen MR) is 325 cm³/mol. The summed E-state index contributed by atoms with van der Waals surface area (Å²) in [5.41, 5.74) is -0.507. The van der Waals surface area contributed by atoms with Gasteiger partial charge in [0.25, 0.3) is 6.33 Å². The molecule has 0 bridgehead atoms. The highest BCUT2D eigenvalue weighted by molar-refractivity contribution is 7.20. The van der Waals surface area contributed by atoms with Gasteiger partial charge >= 0.3 is 0 Å². The summed E-state index contributed by atoms with van der Waals surface area (Å²) in [5.74, 6) is 0.686. The van der Waals surface area contributed by atoms with Gasteiger partial charge in [0.1, 0.15) is 28.7 Å². The molecule has 0 saturated carbocycles. The molecule has 4 heterocycles. The lowest BCUT2D eigenvalue weighted by atomic mass is 9.82. The van der Waals surface area contributed by atoms with Gasteiger partial charge in [0, 0.05) is 54.0 Å². The average Bonchev–Trinajstić information content (AvgIpc) is 0.859. The SMILES string of the molecule is [2H]c1c([2H])c([2H])c([Si](c2c([2H])c([2H])c([2H])c([2H])c2[2H])(c2c([2H])c([2H])c([2H])c([2H])c2[2H])c2c([2H])c([2H])c3c(c2[2H])-c2cccc(C(C)(C)C)c2-[n+]2cn(-c4cccc(Oc5ccc6c7ccccc7n(-c7cc(C([2H])([2H])[2H])c(C([2H])([2H])[2H])cn7)c6c5)c4)c4cccc(c42)-c2c([2H])c([2H])c([2H])c([2H])c2-3)c([2H])c1[2H]. The van der Waals surface area contributed by atoms with Gasteiger partial charge in [-0.1, -0.05) is 202 Å². The van der Waals surface area contributed by atoms with Gasteiger partial charge in [0.05, 0.1) is 41.2 Å². The van der Waals surface area contributed by atoms with Crippen molar-refractivity contribution in [1.29, 1.82) is 0 Å². The Morgan fingerprint density at radius 3 is 1.85 bits per heavy atom. The Balaban J connectivity index is 1.10. The van der Waals surface area contributed by atoms with E-state index in [4.69, 9.17) is 17.1 Å². The Morgan fingerprint density at radius 1 is 0.513 bits per heavy atom. The normalized spacial score (nSPS) is 17.6. The van der Waals surface area contributed by atoms with Crippen molar-refractivity contribution in [1.82, 2.24) is 14.1 Å². The van der Waals surface area contributed by atoms with E-state index in [-0.39, 0.29) is 39.5 Å². The number of rotatable bonds is 8. The van der Waals surface area contributed by atoms with Crippen molar-refractivity contribution < 1.29 is 47.7 Å². The van der Waals surface area contributed by atoms with Crippen LogP contribution in [0.5, 0.6) is 11.5 Å². The number of fused-ring (bicyclic) bond motifs is 10. The van der Waals surface area contributed by atoms with E-state index in [1.165, 1.54) is 12.1 Å².